The lowest BCUT2D eigenvalue weighted by Gasteiger charge is -2.37. The molecule has 0 radical (unpaired) electrons. The van der Waals surface area contributed by atoms with Gasteiger partial charge in [0.05, 0.1) is 0 Å². The van der Waals surface area contributed by atoms with Gasteiger partial charge in [0.15, 0.2) is 11.6 Å². The van der Waals surface area contributed by atoms with Crippen LogP contribution in [0.3, 0.4) is 0 Å². The minimum absolute atomic E-state index is 0.220. The van der Waals surface area contributed by atoms with E-state index >= 15 is 0 Å². The molecule has 1 aliphatic heterocycles. The van der Waals surface area contributed by atoms with E-state index < -0.39 is 0 Å². The van der Waals surface area contributed by atoms with Crippen molar-refractivity contribution < 1.29 is 4.39 Å². The number of fused-ring (bicyclic) bond motifs is 1. The first-order valence-corrected chi connectivity index (χ1v) is 10.3. The SMILES string of the molecule is Nc1c(Nc2cccc3ccccc23)ncnc1N1CCN(c2ccc(F)cc2)CC1. The van der Waals surface area contributed by atoms with E-state index in [1.54, 1.807) is 6.33 Å². The second-order valence-electron chi connectivity index (χ2n) is 7.56. The lowest BCUT2D eigenvalue weighted by Crippen LogP contribution is -2.47. The summed E-state index contributed by atoms with van der Waals surface area (Å²) in [6.07, 6.45) is 1.55. The van der Waals surface area contributed by atoms with Crippen LogP contribution in [0.2, 0.25) is 0 Å². The monoisotopic (exact) mass is 414 g/mol. The first-order chi connectivity index (χ1) is 15.2. The number of anilines is 5. The molecule has 1 aromatic heterocycles. The summed E-state index contributed by atoms with van der Waals surface area (Å²) in [5.41, 5.74) is 8.99. The van der Waals surface area contributed by atoms with E-state index in [9.17, 15) is 4.39 Å². The topological polar surface area (TPSA) is 70.3 Å². The molecule has 2 heterocycles. The van der Waals surface area contributed by atoms with E-state index in [4.69, 9.17) is 5.73 Å². The molecule has 156 valence electrons. The van der Waals surface area contributed by atoms with Crippen molar-refractivity contribution in [1.29, 1.82) is 0 Å². The second-order valence-corrected chi connectivity index (χ2v) is 7.56. The molecule has 31 heavy (non-hydrogen) atoms. The molecular formula is C24H23FN6. The van der Waals surface area contributed by atoms with Crippen LogP contribution < -0.4 is 20.9 Å². The summed E-state index contributed by atoms with van der Waals surface area (Å²) in [7, 11) is 0. The zero-order valence-corrected chi connectivity index (χ0v) is 17.0. The lowest BCUT2D eigenvalue weighted by molar-refractivity contribution is 0.624. The molecule has 0 atom stereocenters. The third-order valence-corrected chi connectivity index (χ3v) is 5.68. The van der Waals surface area contributed by atoms with Gasteiger partial charge in [0, 0.05) is 42.9 Å². The molecule has 5 rings (SSSR count). The van der Waals surface area contributed by atoms with Gasteiger partial charge in [-0.25, -0.2) is 14.4 Å². The molecule has 0 unspecified atom stereocenters. The smallest absolute Gasteiger partial charge is 0.159 e. The molecule has 0 amide bonds. The molecule has 0 aliphatic carbocycles. The Balaban J connectivity index is 1.35. The minimum Gasteiger partial charge on any atom is -0.393 e. The van der Waals surface area contributed by atoms with E-state index in [0.717, 1.165) is 54.1 Å². The minimum atomic E-state index is -0.220. The number of aromatic nitrogens is 2. The number of hydrogen-bond donors (Lipinski definition) is 2. The number of nitrogen functional groups attached to an aromatic ring is 1. The molecule has 4 aromatic rings. The van der Waals surface area contributed by atoms with Crippen LogP contribution in [0.1, 0.15) is 0 Å². The zero-order valence-electron chi connectivity index (χ0n) is 17.0. The number of hydrogen-bond acceptors (Lipinski definition) is 6. The molecule has 0 bridgehead atoms. The van der Waals surface area contributed by atoms with Crippen molar-refractivity contribution in [3.63, 3.8) is 0 Å². The molecule has 3 aromatic carbocycles. The zero-order chi connectivity index (χ0) is 21.2. The van der Waals surface area contributed by atoms with E-state index in [2.05, 4.69) is 43.3 Å². The highest BCUT2D eigenvalue weighted by atomic mass is 19.1. The summed E-state index contributed by atoms with van der Waals surface area (Å²) >= 11 is 0. The fourth-order valence-corrected chi connectivity index (χ4v) is 4.03. The normalized spacial score (nSPS) is 14.1. The van der Waals surface area contributed by atoms with Gasteiger partial charge in [-0.05, 0) is 35.7 Å². The molecule has 1 saturated heterocycles. The largest absolute Gasteiger partial charge is 0.393 e. The van der Waals surface area contributed by atoms with Crippen molar-refractivity contribution in [3.8, 4) is 0 Å². The van der Waals surface area contributed by atoms with Gasteiger partial charge in [0.2, 0.25) is 0 Å². The highest BCUT2D eigenvalue weighted by molar-refractivity contribution is 5.96. The number of nitrogens with zero attached hydrogens (tertiary/aromatic N) is 4. The first kappa shape index (κ1) is 19.1. The Morgan fingerprint density at radius 3 is 2.32 bits per heavy atom. The van der Waals surface area contributed by atoms with Gasteiger partial charge >= 0.3 is 0 Å². The van der Waals surface area contributed by atoms with Gasteiger partial charge in [-0.2, -0.15) is 0 Å². The second kappa shape index (κ2) is 8.10. The van der Waals surface area contributed by atoms with E-state index in [-0.39, 0.29) is 5.82 Å². The third-order valence-electron chi connectivity index (χ3n) is 5.68. The van der Waals surface area contributed by atoms with Crippen LogP contribution in [0.25, 0.3) is 10.8 Å². The predicted molar refractivity (Wildman–Crippen MR) is 125 cm³/mol. The number of nitrogens with one attached hydrogen (secondary N) is 1. The van der Waals surface area contributed by atoms with Gasteiger partial charge in [0.1, 0.15) is 17.8 Å². The van der Waals surface area contributed by atoms with Crippen LogP contribution in [0.4, 0.5) is 33.1 Å². The number of benzene rings is 3. The van der Waals surface area contributed by atoms with Crippen LogP contribution in [-0.4, -0.2) is 36.1 Å². The first-order valence-electron chi connectivity index (χ1n) is 10.3. The Kier molecular flexibility index (Phi) is 5.00. The van der Waals surface area contributed by atoms with Crippen molar-refractivity contribution >= 4 is 39.5 Å². The van der Waals surface area contributed by atoms with Crippen molar-refractivity contribution in [1.82, 2.24) is 9.97 Å². The van der Waals surface area contributed by atoms with Crippen molar-refractivity contribution in [2.75, 3.05) is 47.0 Å². The molecule has 3 N–H and O–H groups in total. The fourth-order valence-electron chi connectivity index (χ4n) is 4.03. The fraction of sp³-hybridized carbons (Fsp3) is 0.167. The Morgan fingerprint density at radius 2 is 1.52 bits per heavy atom. The predicted octanol–water partition coefficient (Wildman–Crippen LogP) is 4.42. The Labute approximate surface area is 180 Å². The molecule has 7 heteroatoms. The molecule has 1 aliphatic rings. The maximum Gasteiger partial charge on any atom is 0.159 e. The van der Waals surface area contributed by atoms with Crippen LogP contribution in [-0.2, 0) is 0 Å². The quantitative estimate of drug-likeness (QED) is 0.515. The summed E-state index contributed by atoms with van der Waals surface area (Å²) in [4.78, 5) is 13.3. The number of halogens is 1. The molecule has 1 fully saturated rings. The van der Waals surface area contributed by atoms with Crippen molar-refractivity contribution in [3.05, 3.63) is 78.9 Å². The van der Waals surface area contributed by atoms with E-state index in [1.807, 2.05) is 36.4 Å². The highest BCUT2D eigenvalue weighted by Crippen LogP contribution is 2.32. The van der Waals surface area contributed by atoms with Gasteiger partial charge < -0.3 is 20.9 Å². The van der Waals surface area contributed by atoms with Crippen LogP contribution in [0.5, 0.6) is 0 Å². The number of piperazine rings is 1. The summed E-state index contributed by atoms with van der Waals surface area (Å²) < 4.78 is 13.2. The molecule has 0 saturated carbocycles. The standard InChI is InChI=1S/C24H23FN6/c25-18-8-10-19(11-9-18)30-12-14-31(15-13-30)24-22(26)23(27-16-28-24)29-21-7-3-5-17-4-1-2-6-20(17)21/h1-11,16H,12-15,26H2,(H,27,28,29). The van der Waals surface area contributed by atoms with Crippen molar-refractivity contribution in [2.45, 2.75) is 0 Å². The summed E-state index contributed by atoms with van der Waals surface area (Å²) in [5, 5.41) is 5.64. The van der Waals surface area contributed by atoms with Crippen molar-refractivity contribution in [2.24, 2.45) is 0 Å². The summed E-state index contributed by atoms with van der Waals surface area (Å²) in [6.45, 7) is 3.15. The summed E-state index contributed by atoms with van der Waals surface area (Å²) in [6, 6.07) is 20.9. The average molecular weight is 414 g/mol. The van der Waals surface area contributed by atoms with Crippen LogP contribution in [0.15, 0.2) is 73.1 Å². The third kappa shape index (κ3) is 3.82. The maximum absolute atomic E-state index is 13.2. The van der Waals surface area contributed by atoms with Gasteiger partial charge in [-0.3, -0.25) is 0 Å². The Bertz CT molecular complexity index is 1200. The van der Waals surface area contributed by atoms with Gasteiger partial charge in [-0.15, -0.1) is 0 Å². The van der Waals surface area contributed by atoms with Crippen LogP contribution >= 0.6 is 0 Å². The van der Waals surface area contributed by atoms with E-state index in [0.29, 0.717) is 11.5 Å². The highest BCUT2D eigenvalue weighted by Gasteiger charge is 2.21. The average Bonchev–Trinajstić information content (AvgIpc) is 2.81. The van der Waals surface area contributed by atoms with Gasteiger partial charge in [-0.1, -0.05) is 36.4 Å². The van der Waals surface area contributed by atoms with Gasteiger partial charge in [0.25, 0.3) is 0 Å². The van der Waals surface area contributed by atoms with E-state index in [1.165, 1.54) is 12.1 Å². The Hall–Kier alpha value is -3.87. The van der Waals surface area contributed by atoms with Crippen LogP contribution in [0, 0.1) is 5.82 Å². The molecule has 6 nitrogen and oxygen atoms in total. The molecule has 0 spiro atoms. The summed E-state index contributed by atoms with van der Waals surface area (Å²) in [5.74, 6) is 1.11. The maximum atomic E-state index is 13.2. The number of rotatable bonds is 4. The lowest BCUT2D eigenvalue weighted by atomic mass is 10.1. The Morgan fingerprint density at radius 1 is 0.806 bits per heavy atom. The number of nitrogens with two attached hydrogens (primary N) is 1. The molecular weight excluding hydrogens is 391 g/mol.